The third-order valence-electron chi connectivity index (χ3n) is 9.13. The Morgan fingerprint density at radius 1 is 0.880 bits per heavy atom. The molecule has 50 heavy (non-hydrogen) atoms. The number of hydrogen-bond acceptors (Lipinski definition) is 9. The molecule has 1 fully saturated rings. The van der Waals surface area contributed by atoms with Crippen molar-refractivity contribution in [3.63, 3.8) is 0 Å². The fourth-order valence-electron chi connectivity index (χ4n) is 6.51. The molecular formula is C39H39N5O6. The first-order valence-corrected chi connectivity index (χ1v) is 16.5. The summed E-state index contributed by atoms with van der Waals surface area (Å²) in [4.78, 5) is 24.7. The number of aliphatic hydroxyl groups is 1. The molecule has 1 aliphatic rings. The van der Waals surface area contributed by atoms with E-state index in [4.69, 9.17) is 18.9 Å². The van der Waals surface area contributed by atoms with Gasteiger partial charge in [0.05, 0.1) is 33.3 Å². The van der Waals surface area contributed by atoms with Gasteiger partial charge in [-0.05, 0) is 52.9 Å². The molecule has 6 aromatic rings. The fraction of sp³-hybridized carbons (Fsp3) is 0.256. The van der Waals surface area contributed by atoms with E-state index in [1.165, 1.54) is 11.9 Å². The molecule has 1 aliphatic heterocycles. The van der Waals surface area contributed by atoms with E-state index in [-0.39, 0.29) is 24.1 Å². The second-order valence-electron chi connectivity index (χ2n) is 12.1. The average Bonchev–Trinajstić information content (AvgIpc) is 3.76. The van der Waals surface area contributed by atoms with Gasteiger partial charge in [-0.2, -0.15) is 4.98 Å². The van der Waals surface area contributed by atoms with Crippen LogP contribution in [-0.4, -0.2) is 64.2 Å². The monoisotopic (exact) mass is 673 g/mol. The summed E-state index contributed by atoms with van der Waals surface area (Å²) in [5.41, 5.74) is 2.94. The van der Waals surface area contributed by atoms with Gasteiger partial charge in [0.2, 0.25) is 5.95 Å². The van der Waals surface area contributed by atoms with Gasteiger partial charge in [-0.15, -0.1) is 0 Å². The summed E-state index contributed by atoms with van der Waals surface area (Å²) < 4.78 is 26.1. The summed E-state index contributed by atoms with van der Waals surface area (Å²) >= 11 is 0. The summed E-state index contributed by atoms with van der Waals surface area (Å²) in [6.07, 6.45) is 0.381. The first-order valence-electron chi connectivity index (χ1n) is 16.5. The number of rotatable bonds is 13. The number of hydrogen-bond donors (Lipinski definition) is 3. The van der Waals surface area contributed by atoms with Gasteiger partial charge >= 0.3 is 0 Å². The molecule has 0 aliphatic carbocycles. The Morgan fingerprint density at radius 3 is 2.10 bits per heavy atom. The van der Waals surface area contributed by atoms with Crippen molar-refractivity contribution < 1.29 is 24.1 Å². The number of aromatic nitrogens is 4. The summed E-state index contributed by atoms with van der Waals surface area (Å²) in [6.45, 7) is 0.633. The first kappa shape index (κ1) is 33.0. The molecule has 1 saturated heterocycles. The third kappa shape index (κ3) is 6.58. The maximum absolute atomic E-state index is 12.9. The average molecular weight is 674 g/mol. The van der Waals surface area contributed by atoms with E-state index in [0.717, 1.165) is 34.6 Å². The van der Waals surface area contributed by atoms with Crippen molar-refractivity contribution in [2.45, 2.75) is 36.9 Å². The van der Waals surface area contributed by atoms with Gasteiger partial charge in [-0.1, -0.05) is 84.9 Å². The summed E-state index contributed by atoms with van der Waals surface area (Å²) in [6, 6.07) is 35.6. The second-order valence-corrected chi connectivity index (χ2v) is 12.1. The predicted octanol–water partition coefficient (Wildman–Crippen LogP) is 5.45. The largest absolute Gasteiger partial charge is 0.497 e. The molecule has 3 heterocycles. The predicted molar refractivity (Wildman–Crippen MR) is 190 cm³/mol. The number of anilines is 1. The van der Waals surface area contributed by atoms with E-state index < -0.39 is 24.0 Å². The molecule has 0 radical (unpaired) electrons. The van der Waals surface area contributed by atoms with Crippen LogP contribution >= 0.6 is 0 Å². The zero-order chi connectivity index (χ0) is 34.5. The van der Waals surface area contributed by atoms with Crippen LogP contribution in [0.3, 0.4) is 0 Å². The summed E-state index contributed by atoms with van der Waals surface area (Å²) in [5, 5.41) is 14.6. The van der Waals surface area contributed by atoms with Crippen LogP contribution < -0.4 is 20.3 Å². The molecule has 3 atom stereocenters. The number of methoxy groups -OCH3 is 2. The molecule has 7 rings (SSSR count). The van der Waals surface area contributed by atoms with E-state index in [1.54, 1.807) is 18.8 Å². The quantitative estimate of drug-likeness (QED) is 0.137. The smallest absolute Gasteiger partial charge is 0.280 e. The maximum Gasteiger partial charge on any atom is 0.280 e. The van der Waals surface area contributed by atoms with Crippen LogP contribution in [0.2, 0.25) is 0 Å². The highest BCUT2D eigenvalue weighted by molar-refractivity contribution is 5.71. The Morgan fingerprint density at radius 2 is 1.48 bits per heavy atom. The number of H-pyrrole nitrogens is 1. The highest BCUT2D eigenvalue weighted by Crippen LogP contribution is 2.43. The van der Waals surface area contributed by atoms with E-state index in [1.807, 2.05) is 97.1 Å². The minimum absolute atomic E-state index is 0.0531. The van der Waals surface area contributed by atoms with Gasteiger partial charge in [0.1, 0.15) is 29.4 Å². The third-order valence-corrected chi connectivity index (χ3v) is 9.13. The van der Waals surface area contributed by atoms with Crippen LogP contribution in [0.15, 0.2) is 120 Å². The van der Waals surface area contributed by atoms with E-state index >= 15 is 0 Å². The minimum atomic E-state index is -1.07. The van der Waals surface area contributed by atoms with Gasteiger partial charge in [0, 0.05) is 13.0 Å². The number of imidazole rings is 1. The Labute approximate surface area is 289 Å². The topological polar surface area (TPSA) is 133 Å². The number of nitrogens with zero attached hydrogens (tertiary/aromatic N) is 3. The number of nitrogens with one attached hydrogen (secondary N) is 2. The van der Waals surface area contributed by atoms with Crippen molar-refractivity contribution in [3.8, 4) is 11.5 Å². The number of benzene rings is 4. The van der Waals surface area contributed by atoms with Crippen LogP contribution in [-0.2, 0) is 21.5 Å². The molecule has 0 spiro atoms. The lowest BCUT2D eigenvalue weighted by Crippen LogP contribution is -2.38. The maximum atomic E-state index is 12.9. The molecule has 11 heteroatoms. The van der Waals surface area contributed by atoms with Crippen LogP contribution in [0.1, 0.15) is 34.9 Å². The van der Waals surface area contributed by atoms with Crippen molar-refractivity contribution in [3.05, 3.63) is 148 Å². The van der Waals surface area contributed by atoms with E-state index in [0.29, 0.717) is 18.1 Å². The zero-order valence-corrected chi connectivity index (χ0v) is 27.9. The highest BCUT2D eigenvalue weighted by atomic mass is 16.6. The van der Waals surface area contributed by atoms with Crippen LogP contribution in [0.4, 0.5) is 5.95 Å². The van der Waals surface area contributed by atoms with Crippen LogP contribution in [0.5, 0.6) is 11.5 Å². The molecule has 4 aromatic carbocycles. The second kappa shape index (κ2) is 14.6. The van der Waals surface area contributed by atoms with Crippen molar-refractivity contribution in [2.24, 2.45) is 0 Å². The zero-order valence-electron chi connectivity index (χ0n) is 27.9. The molecule has 0 saturated carbocycles. The number of ether oxygens (including phenoxy) is 4. The molecule has 3 N–H and O–H groups in total. The molecule has 0 bridgehead atoms. The Bertz CT molecular complexity index is 2020. The standard InChI is InChI=1S/C39H39N5O6/c1-47-30-17-13-28(14-18-30)39(27-11-7-4-8-12-27,29-15-19-31(48-2)20-16-29)49-24-33-32(45)23-34(50-33)44-25-41-35-36(44)42-38(43-37(35)46)40-22-21-26-9-5-3-6-10-26/h3-20,25,32-34,45H,21-24H2,1-2H3,(H2,40,42,43,46)/t32-,33+,34+/m0/s1. The van der Waals surface area contributed by atoms with Crippen molar-refractivity contribution >= 4 is 17.1 Å². The Balaban J connectivity index is 1.16. The molecule has 11 nitrogen and oxygen atoms in total. The molecule has 0 amide bonds. The Kier molecular flexibility index (Phi) is 9.61. The van der Waals surface area contributed by atoms with Crippen molar-refractivity contribution in [1.82, 2.24) is 19.5 Å². The van der Waals surface area contributed by atoms with E-state index in [9.17, 15) is 9.90 Å². The fourth-order valence-corrected chi connectivity index (χ4v) is 6.51. The number of aliphatic hydroxyl groups excluding tert-OH is 1. The lowest BCUT2D eigenvalue weighted by atomic mass is 9.80. The first-order chi connectivity index (χ1) is 24.5. The van der Waals surface area contributed by atoms with Crippen LogP contribution in [0, 0.1) is 0 Å². The minimum Gasteiger partial charge on any atom is -0.497 e. The number of aromatic amines is 1. The lowest BCUT2D eigenvalue weighted by molar-refractivity contribution is -0.0931. The van der Waals surface area contributed by atoms with Crippen molar-refractivity contribution in [1.29, 1.82) is 0 Å². The van der Waals surface area contributed by atoms with Crippen LogP contribution in [0.25, 0.3) is 11.2 Å². The highest BCUT2D eigenvalue weighted by Gasteiger charge is 2.42. The lowest BCUT2D eigenvalue weighted by Gasteiger charge is -2.37. The van der Waals surface area contributed by atoms with Gasteiger partial charge < -0.3 is 29.4 Å². The summed E-state index contributed by atoms with van der Waals surface area (Å²) in [5.74, 6) is 1.78. The van der Waals surface area contributed by atoms with Crippen molar-refractivity contribution in [2.75, 3.05) is 32.7 Å². The summed E-state index contributed by atoms with van der Waals surface area (Å²) in [7, 11) is 3.26. The normalized spacial score (nSPS) is 17.5. The Hall–Kier alpha value is -5.49. The molecule has 0 unspecified atom stereocenters. The van der Waals surface area contributed by atoms with Gasteiger partial charge in [-0.3, -0.25) is 14.3 Å². The van der Waals surface area contributed by atoms with Gasteiger partial charge in [0.25, 0.3) is 5.56 Å². The molecular weight excluding hydrogens is 634 g/mol. The van der Waals surface area contributed by atoms with E-state index in [2.05, 4.69) is 32.4 Å². The number of fused-ring (bicyclic) bond motifs is 1. The van der Waals surface area contributed by atoms with Gasteiger partial charge in [0.15, 0.2) is 11.2 Å². The molecule has 2 aromatic heterocycles. The molecule has 256 valence electrons. The van der Waals surface area contributed by atoms with Gasteiger partial charge in [-0.25, -0.2) is 4.98 Å². The SMILES string of the molecule is COc1ccc(C(OC[C@H]2O[C@@H](n3cnc4c(=O)[nH]c(NCCc5ccccc5)nc43)C[C@@H]2O)(c2ccccc2)c2ccc(OC)cc2)cc1.